The Morgan fingerprint density at radius 2 is 1.96 bits per heavy atom. The zero-order valence-electron chi connectivity index (χ0n) is 12.0. The molecule has 1 aromatic carbocycles. The first-order chi connectivity index (χ1) is 11.3. The number of nitroso groups, excluding NO2 is 1. The van der Waals surface area contributed by atoms with E-state index >= 15 is 0 Å². The van der Waals surface area contributed by atoms with Crippen LogP contribution in [0.4, 0.5) is 17.2 Å². The molecule has 6 nitrogen and oxygen atoms in total. The van der Waals surface area contributed by atoms with Crippen molar-refractivity contribution in [2.24, 2.45) is 5.18 Å². The molecule has 110 valence electrons. The number of benzene rings is 1. The average molecular weight is 301 g/mol. The Morgan fingerprint density at radius 1 is 1.09 bits per heavy atom. The molecule has 6 heteroatoms. The van der Waals surface area contributed by atoms with Gasteiger partial charge in [-0.2, -0.15) is 5.26 Å². The lowest BCUT2D eigenvalue weighted by Gasteiger charge is -2.10. The molecule has 0 aliphatic heterocycles. The van der Waals surface area contributed by atoms with Gasteiger partial charge in [-0.15, -0.1) is 4.91 Å². The van der Waals surface area contributed by atoms with Crippen molar-refractivity contribution in [2.75, 3.05) is 5.32 Å². The van der Waals surface area contributed by atoms with E-state index in [-0.39, 0.29) is 5.69 Å². The minimum Gasteiger partial charge on any atom is -0.337 e. The molecule has 0 bridgehead atoms. The number of nitriles is 1. The van der Waals surface area contributed by atoms with E-state index in [9.17, 15) is 4.91 Å². The Labute approximate surface area is 132 Å². The molecule has 0 aliphatic carbocycles. The predicted molar refractivity (Wildman–Crippen MR) is 87.4 cm³/mol. The molecule has 0 fully saturated rings. The highest BCUT2D eigenvalue weighted by Gasteiger charge is 2.09. The van der Waals surface area contributed by atoms with Crippen molar-refractivity contribution >= 4 is 17.2 Å². The molecule has 23 heavy (non-hydrogen) atoms. The number of anilines is 2. The summed E-state index contributed by atoms with van der Waals surface area (Å²) < 4.78 is 0. The largest absolute Gasteiger partial charge is 0.337 e. The lowest BCUT2D eigenvalue weighted by molar-refractivity contribution is 1.28. The summed E-state index contributed by atoms with van der Waals surface area (Å²) >= 11 is 0. The van der Waals surface area contributed by atoms with Crippen LogP contribution in [-0.2, 0) is 0 Å². The van der Waals surface area contributed by atoms with Crippen LogP contribution in [-0.4, -0.2) is 9.97 Å². The van der Waals surface area contributed by atoms with Crippen molar-refractivity contribution in [1.29, 1.82) is 5.26 Å². The van der Waals surface area contributed by atoms with Crippen molar-refractivity contribution in [3.8, 4) is 17.2 Å². The molecule has 0 aliphatic rings. The number of nitrogens with one attached hydrogen (secondary N) is 1. The molecule has 0 unspecified atom stereocenters. The smallest absolute Gasteiger partial charge is 0.148 e. The Balaban J connectivity index is 1.98. The fraction of sp³-hybridized carbons (Fsp3) is 0. The number of nitrogens with zero attached hydrogens (tertiary/aromatic N) is 4. The fourth-order valence-electron chi connectivity index (χ4n) is 2.15. The lowest BCUT2D eigenvalue weighted by Crippen LogP contribution is -1.96. The maximum absolute atomic E-state index is 11.2. The molecule has 0 radical (unpaired) electrons. The number of rotatable bonds is 4. The van der Waals surface area contributed by atoms with Crippen molar-refractivity contribution in [1.82, 2.24) is 9.97 Å². The minimum atomic E-state index is 0.237. The van der Waals surface area contributed by atoms with Crippen LogP contribution in [0.2, 0.25) is 0 Å². The van der Waals surface area contributed by atoms with E-state index in [1.165, 1.54) is 0 Å². The number of hydrogen-bond acceptors (Lipinski definition) is 6. The Morgan fingerprint density at radius 3 is 2.70 bits per heavy atom. The molecule has 2 heterocycles. The summed E-state index contributed by atoms with van der Waals surface area (Å²) in [6, 6.07) is 14.3. The second kappa shape index (κ2) is 6.45. The zero-order valence-corrected chi connectivity index (χ0v) is 12.0. The summed E-state index contributed by atoms with van der Waals surface area (Å²) in [5.74, 6) is 0.383. The van der Waals surface area contributed by atoms with E-state index in [1.54, 1.807) is 42.9 Å². The van der Waals surface area contributed by atoms with Gasteiger partial charge in [0.05, 0.1) is 11.3 Å². The first-order valence-corrected chi connectivity index (χ1v) is 6.82. The Bertz CT molecular complexity index is 887. The van der Waals surface area contributed by atoms with Gasteiger partial charge in [0, 0.05) is 24.2 Å². The molecule has 0 atom stereocenters. The fourth-order valence-corrected chi connectivity index (χ4v) is 2.15. The molecule has 0 saturated carbocycles. The summed E-state index contributed by atoms with van der Waals surface area (Å²) in [6.07, 6.45) is 4.97. The third-order valence-corrected chi connectivity index (χ3v) is 3.27. The van der Waals surface area contributed by atoms with E-state index in [2.05, 4.69) is 20.5 Å². The van der Waals surface area contributed by atoms with Gasteiger partial charge in [0.15, 0.2) is 0 Å². The van der Waals surface area contributed by atoms with Gasteiger partial charge in [-0.3, -0.25) is 4.98 Å². The normalized spacial score (nSPS) is 9.87. The third kappa shape index (κ3) is 3.04. The maximum atomic E-state index is 11.2. The monoisotopic (exact) mass is 301 g/mol. The Kier molecular flexibility index (Phi) is 4.03. The summed E-state index contributed by atoms with van der Waals surface area (Å²) in [5, 5.41) is 15.1. The number of pyridine rings is 2. The third-order valence-electron chi connectivity index (χ3n) is 3.27. The molecular weight excluding hydrogens is 290 g/mol. The van der Waals surface area contributed by atoms with Crippen LogP contribution in [0.15, 0.2) is 66.2 Å². The maximum Gasteiger partial charge on any atom is 0.148 e. The summed E-state index contributed by atoms with van der Waals surface area (Å²) in [7, 11) is 0. The van der Waals surface area contributed by atoms with E-state index in [0.29, 0.717) is 17.1 Å². The van der Waals surface area contributed by atoms with Gasteiger partial charge < -0.3 is 5.32 Å². The topological polar surface area (TPSA) is 91.0 Å². The molecule has 0 saturated heterocycles. The first kappa shape index (κ1) is 14.4. The van der Waals surface area contributed by atoms with Gasteiger partial charge in [0.1, 0.15) is 17.6 Å². The molecule has 3 aromatic rings. The van der Waals surface area contributed by atoms with Crippen LogP contribution in [0, 0.1) is 16.2 Å². The van der Waals surface area contributed by atoms with Crippen LogP contribution < -0.4 is 5.32 Å². The van der Waals surface area contributed by atoms with E-state index < -0.39 is 0 Å². The average Bonchev–Trinajstić information content (AvgIpc) is 2.63. The number of hydrogen-bond donors (Lipinski definition) is 1. The van der Waals surface area contributed by atoms with Gasteiger partial charge in [0.25, 0.3) is 0 Å². The summed E-state index contributed by atoms with van der Waals surface area (Å²) in [4.78, 5) is 19.3. The molecule has 1 N–H and O–H groups in total. The summed E-state index contributed by atoms with van der Waals surface area (Å²) in [6.45, 7) is 0. The first-order valence-electron chi connectivity index (χ1n) is 6.82. The van der Waals surface area contributed by atoms with Crippen LogP contribution in [0.3, 0.4) is 0 Å². The van der Waals surface area contributed by atoms with E-state index in [1.807, 2.05) is 24.3 Å². The van der Waals surface area contributed by atoms with Crippen molar-refractivity contribution in [3.63, 3.8) is 0 Å². The van der Waals surface area contributed by atoms with Gasteiger partial charge in [-0.05, 0) is 41.1 Å². The molecule has 0 amide bonds. The van der Waals surface area contributed by atoms with Gasteiger partial charge in [-0.25, -0.2) is 4.98 Å². The predicted octanol–water partition coefficient (Wildman–Crippen LogP) is 4.16. The summed E-state index contributed by atoms with van der Waals surface area (Å²) in [5.41, 5.74) is 2.84. The standard InChI is InChI=1S/C17H11N5O/c18-10-13-3-2-8-20-17(13)21-15-6-5-12(9-16(15)22-23)14-4-1-7-19-11-14/h1-9,11H,(H,20,21). The zero-order chi connectivity index (χ0) is 16.1. The van der Waals surface area contributed by atoms with E-state index in [0.717, 1.165) is 11.1 Å². The minimum absolute atomic E-state index is 0.237. The van der Waals surface area contributed by atoms with Gasteiger partial charge in [0.2, 0.25) is 0 Å². The van der Waals surface area contributed by atoms with Gasteiger partial charge >= 0.3 is 0 Å². The van der Waals surface area contributed by atoms with Crippen LogP contribution >= 0.6 is 0 Å². The van der Waals surface area contributed by atoms with Crippen LogP contribution in [0.5, 0.6) is 0 Å². The molecule has 0 spiro atoms. The second-order valence-corrected chi connectivity index (χ2v) is 4.70. The quantitative estimate of drug-likeness (QED) is 0.731. The van der Waals surface area contributed by atoms with Crippen molar-refractivity contribution < 1.29 is 0 Å². The van der Waals surface area contributed by atoms with Crippen LogP contribution in [0.25, 0.3) is 11.1 Å². The molecule has 3 rings (SSSR count). The molecule has 2 aromatic heterocycles. The van der Waals surface area contributed by atoms with Crippen LogP contribution in [0.1, 0.15) is 5.56 Å². The highest BCUT2D eigenvalue weighted by atomic mass is 16.3. The second-order valence-electron chi connectivity index (χ2n) is 4.70. The SMILES string of the molecule is N#Cc1cccnc1Nc1ccc(-c2cccnc2)cc1N=O. The van der Waals surface area contributed by atoms with Crippen molar-refractivity contribution in [3.05, 3.63) is 71.5 Å². The highest BCUT2D eigenvalue weighted by molar-refractivity contribution is 5.78. The van der Waals surface area contributed by atoms with E-state index in [4.69, 9.17) is 5.26 Å². The lowest BCUT2D eigenvalue weighted by atomic mass is 10.1. The Hall–Kier alpha value is -3.59. The highest BCUT2D eigenvalue weighted by Crippen LogP contribution is 2.32. The van der Waals surface area contributed by atoms with Gasteiger partial charge in [-0.1, -0.05) is 12.1 Å². The molecular formula is C17H11N5O. The van der Waals surface area contributed by atoms with Crippen molar-refractivity contribution in [2.45, 2.75) is 0 Å². The number of aromatic nitrogens is 2.